The van der Waals surface area contributed by atoms with Crippen molar-refractivity contribution in [2.75, 3.05) is 31.1 Å². The Morgan fingerprint density at radius 2 is 2.08 bits per heavy atom. The van der Waals surface area contributed by atoms with Gasteiger partial charge in [0.1, 0.15) is 29.1 Å². The average Bonchev–Trinajstić information content (AvgIpc) is 2.79. The molecule has 3 heterocycles. The van der Waals surface area contributed by atoms with E-state index in [4.69, 9.17) is 9.68 Å². The quantitative estimate of drug-likeness (QED) is 0.848. The maximum atomic E-state index is 12.7. The number of hydrogen-bond acceptors (Lipinski definition) is 5. The van der Waals surface area contributed by atoms with Gasteiger partial charge in [0.15, 0.2) is 0 Å². The first-order valence-electron chi connectivity index (χ1n) is 8.07. The van der Waals surface area contributed by atoms with Crippen molar-refractivity contribution in [3.8, 4) is 6.07 Å². The van der Waals surface area contributed by atoms with Crippen molar-refractivity contribution in [1.29, 1.82) is 5.26 Å². The predicted octanol–water partition coefficient (Wildman–Crippen LogP) is 2.52. The van der Waals surface area contributed by atoms with E-state index < -0.39 is 0 Å². The molecule has 0 atom stereocenters. The van der Waals surface area contributed by atoms with Gasteiger partial charge in [0.25, 0.3) is 5.91 Å². The highest BCUT2D eigenvalue weighted by molar-refractivity contribution is 5.95. The Hall–Kier alpha value is -2.81. The summed E-state index contributed by atoms with van der Waals surface area (Å²) >= 11 is 0. The summed E-state index contributed by atoms with van der Waals surface area (Å²) in [6.07, 6.45) is 0.861. The number of aryl methyl sites for hydroxylation is 2. The molecule has 0 N–H and O–H groups in total. The highest BCUT2D eigenvalue weighted by Gasteiger charge is 2.23. The molecule has 124 valence electrons. The van der Waals surface area contributed by atoms with Crippen molar-refractivity contribution in [1.82, 2.24) is 9.88 Å². The number of rotatable bonds is 2. The van der Waals surface area contributed by atoms with E-state index in [1.54, 1.807) is 12.1 Å². The normalized spacial score (nSPS) is 15.0. The number of amides is 1. The lowest BCUT2D eigenvalue weighted by Crippen LogP contribution is -2.35. The molecule has 0 radical (unpaired) electrons. The smallest absolute Gasteiger partial charge is 0.257 e. The molecule has 1 aliphatic heterocycles. The first-order valence-corrected chi connectivity index (χ1v) is 8.07. The van der Waals surface area contributed by atoms with Crippen LogP contribution in [0.5, 0.6) is 0 Å². The third-order valence-electron chi connectivity index (χ3n) is 4.23. The summed E-state index contributed by atoms with van der Waals surface area (Å²) in [5, 5.41) is 8.99. The summed E-state index contributed by atoms with van der Waals surface area (Å²) in [6, 6.07) is 9.31. The number of nitrogens with zero attached hydrogens (tertiary/aromatic N) is 4. The fraction of sp³-hybridized carbons (Fsp3) is 0.389. The zero-order valence-electron chi connectivity index (χ0n) is 14.0. The maximum absolute atomic E-state index is 12.7. The molecule has 1 saturated heterocycles. The Labute approximate surface area is 141 Å². The van der Waals surface area contributed by atoms with Gasteiger partial charge in [0.2, 0.25) is 0 Å². The topological polar surface area (TPSA) is 73.4 Å². The molecule has 1 fully saturated rings. The highest BCUT2D eigenvalue weighted by Crippen LogP contribution is 2.19. The molecule has 6 heteroatoms. The Morgan fingerprint density at radius 1 is 1.25 bits per heavy atom. The van der Waals surface area contributed by atoms with Crippen LogP contribution in [0.25, 0.3) is 0 Å². The van der Waals surface area contributed by atoms with Crippen LogP contribution in [0.1, 0.15) is 34.0 Å². The summed E-state index contributed by atoms with van der Waals surface area (Å²) in [7, 11) is 0. The molecule has 6 nitrogen and oxygen atoms in total. The van der Waals surface area contributed by atoms with Crippen LogP contribution in [0, 0.1) is 25.2 Å². The van der Waals surface area contributed by atoms with E-state index in [9.17, 15) is 4.79 Å². The van der Waals surface area contributed by atoms with Crippen LogP contribution in [0.3, 0.4) is 0 Å². The Balaban J connectivity index is 1.72. The molecule has 0 saturated carbocycles. The van der Waals surface area contributed by atoms with Crippen molar-refractivity contribution < 1.29 is 9.21 Å². The molecule has 0 unspecified atom stereocenters. The van der Waals surface area contributed by atoms with Crippen molar-refractivity contribution in [2.24, 2.45) is 0 Å². The summed E-state index contributed by atoms with van der Waals surface area (Å²) in [4.78, 5) is 21.1. The molecule has 0 aromatic carbocycles. The van der Waals surface area contributed by atoms with Crippen molar-refractivity contribution in [3.63, 3.8) is 0 Å². The van der Waals surface area contributed by atoms with E-state index in [-0.39, 0.29) is 5.91 Å². The van der Waals surface area contributed by atoms with Crippen LogP contribution >= 0.6 is 0 Å². The van der Waals surface area contributed by atoms with Crippen LogP contribution in [0.15, 0.2) is 28.7 Å². The third-order valence-corrected chi connectivity index (χ3v) is 4.23. The molecule has 2 aromatic rings. The molecule has 0 spiro atoms. The molecular formula is C18H20N4O2. The van der Waals surface area contributed by atoms with Crippen LogP contribution in [-0.4, -0.2) is 42.0 Å². The number of pyridine rings is 1. The fourth-order valence-corrected chi connectivity index (χ4v) is 3.02. The van der Waals surface area contributed by atoms with Crippen LogP contribution in [0.2, 0.25) is 0 Å². The first-order chi connectivity index (χ1) is 11.6. The Bertz CT molecular complexity index is 791. The fourth-order valence-electron chi connectivity index (χ4n) is 3.02. The van der Waals surface area contributed by atoms with Gasteiger partial charge in [-0.15, -0.1) is 0 Å². The second kappa shape index (κ2) is 6.75. The largest absolute Gasteiger partial charge is 0.466 e. The first kappa shape index (κ1) is 16.1. The number of aromatic nitrogens is 1. The second-order valence-corrected chi connectivity index (χ2v) is 5.95. The number of carbonyl (C=O) groups is 1. The van der Waals surface area contributed by atoms with Gasteiger partial charge in [0, 0.05) is 26.2 Å². The van der Waals surface area contributed by atoms with Crippen molar-refractivity contribution in [2.45, 2.75) is 20.3 Å². The maximum Gasteiger partial charge on any atom is 0.257 e. The van der Waals surface area contributed by atoms with Gasteiger partial charge in [-0.25, -0.2) is 4.98 Å². The predicted molar refractivity (Wildman–Crippen MR) is 89.9 cm³/mol. The van der Waals surface area contributed by atoms with Gasteiger partial charge >= 0.3 is 0 Å². The van der Waals surface area contributed by atoms with E-state index in [0.29, 0.717) is 36.7 Å². The molecular weight excluding hydrogens is 304 g/mol. The molecule has 1 amide bonds. The van der Waals surface area contributed by atoms with Gasteiger partial charge in [-0.3, -0.25) is 4.79 Å². The van der Waals surface area contributed by atoms with Crippen LogP contribution in [0.4, 0.5) is 5.82 Å². The molecule has 1 aliphatic rings. The zero-order chi connectivity index (χ0) is 17.1. The minimum Gasteiger partial charge on any atom is -0.466 e. The summed E-state index contributed by atoms with van der Waals surface area (Å²) in [6.45, 7) is 6.51. The monoisotopic (exact) mass is 324 g/mol. The Morgan fingerprint density at radius 3 is 2.79 bits per heavy atom. The highest BCUT2D eigenvalue weighted by atomic mass is 16.3. The standard InChI is InChI=1S/C18H20N4O2/c1-13-11-16(14(2)24-13)18(23)22-8-4-7-21(9-10-22)17-6-3-5-15(12-19)20-17/h3,5-6,11H,4,7-10H2,1-2H3. The molecule has 0 aliphatic carbocycles. The third kappa shape index (κ3) is 3.25. The lowest BCUT2D eigenvalue weighted by Gasteiger charge is -2.22. The van der Waals surface area contributed by atoms with E-state index >= 15 is 0 Å². The SMILES string of the molecule is Cc1cc(C(=O)N2CCCN(c3cccc(C#N)n3)CC2)c(C)o1. The zero-order valence-corrected chi connectivity index (χ0v) is 14.0. The van der Waals surface area contributed by atoms with Gasteiger partial charge in [-0.1, -0.05) is 6.07 Å². The Kier molecular flexibility index (Phi) is 4.52. The second-order valence-electron chi connectivity index (χ2n) is 5.95. The van der Waals surface area contributed by atoms with Crippen LogP contribution < -0.4 is 4.90 Å². The molecule has 3 rings (SSSR count). The van der Waals surface area contributed by atoms with E-state index in [1.165, 1.54) is 0 Å². The molecule has 24 heavy (non-hydrogen) atoms. The summed E-state index contributed by atoms with van der Waals surface area (Å²) < 4.78 is 5.48. The minimum atomic E-state index is 0.0185. The van der Waals surface area contributed by atoms with Gasteiger partial charge in [0.05, 0.1) is 5.56 Å². The number of nitriles is 1. The van der Waals surface area contributed by atoms with Crippen LogP contribution in [-0.2, 0) is 0 Å². The lowest BCUT2D eigenvalue weighted by atomic mass is 10.2. The number of carbonyl (C=O) groups excluding carboxylic acids is 1. The molecule has 2 aromatic heterocycles. The van der Waals surface area contributed by atoms with Crippen molar-refractivity contribution >= 4 is 11.7 Å². The van der Waals surface area contributed by atoms with Gasteiger partial charge < -0.3 is 14.2 Å². The average molecular weight is 324 g/mol. The number of anilines is 1. The molecule has 0 bridgehead atoms. The van der Waals surface area contributed by atoms with Gasteiger partial charge in [-0.2, -0.15) is 5.26 Å². The van der Waals surface area contributed by atoms with E-state index in [0.717, 1.165) is 24.5 Å². The number of furan rings is 1. The van der Waals surface area contributed by atoms with E-state index in [1.807, 2.05) is 30.9 Å². The lowest BCUT2D eigenvalue weighted by molar-refractivity contribution is 0.0765. The summed E-state index contributed by atoms with van der Waals surface area (Å²) in [5.41, 5.74) is 1.06. The summed E-state index contributed by atoms with van der Waals surface area (Å²) in [5.74, 6) is 2.23. The van der Waals surface area contributed by atoms with Gasteiger partial charge in [-0.05, 0) is 38.5 Å². The minimum absolute atomic E-state index is 0.0185. The van der Waals surface area contributed by atoms with E-state index in [2.05, 4.69) is 16.0 Å². The number of hydrogen-bond donors (Lipinski definition) is 0. The van der Waals surface area contributed by atoms with Crippen molar-refractivity contribution in [3.05, 3.63) is 47.0 Å².